The first-order valence-corrected chi connectivity index (χ1v) is 9.70. The molecule has 2 heterocycles. The standard InChI is InChI=1S/C17H22N2OS2/c1-4-9-19-16(20)15-14(12-6-5-7-13(12)22-15)18-17(19)21-10-8-11(2)3/h4,11H,1,5-10H2,2-3H3. The Labute approximate surface area is 139 Å². The van der Waals surface area contributed by atoms with E-state index >= 15 is 0 Å². The molecule has 3 nitrogen and oxygen atoms in total. The Bertz CT molecular complexity index is 758. The number of thiophene rings is 1. The van der Waals surface area contributed by atoms with Crippen molar-refractivity contribution in [2.45, 2.75) is 51.2 Å². The van der Waals surface area contributed by atoms with E-state index in [0.717, 1.165) is 40.4 Å². The van der Waals surface area contributed by atoms with Crippen LogP contribution in [-0.4, -0.2) is 15.3 Å². The Morgan fingerprint density at radius 1 is 1.45 bits per heavy atom. The summed E-state index contributed by atoms with van der Waals surface area (Å²) in [6.07, 6.45) is 6.29. The van der Waals surface area contributed by atoms with Gasteiger partial charge in [-0.3, -0.25) is 9.36 Å². The van der Waals surface area contributed by atoms with Crippen LogP contribution in [0.1, 0.15) is 37.1 Å². The Morgan fingerprint density at radius 2 is 2.27 bits per heavy atom. The van der Waals surface area contributed by atoms with Crippen LogP contribution in [0.15, 0.2) is 22.6 Å². The van der Waals surface area contributed by atoms with E-state index in [1.54, 1.807) is 33.7 Å². The Balaban J connectivity index is 2.05. The van der Waals surface area contributed by atoms with Gasteiger partial charge in [-0.2, -0.15) is 0 Å². The summed E-state index contributed by atoms with van der Waals surface area (Å²) in [4.78, 5) is 19.1. The van der Waals surface area contributed by atoms with Gasteiger partial charge >= 0.3 is 0 Å². The highest BCUT2D eigenvalue weighted by Crippen LogP contribution is 2.35. The van der Waals surface area contributed by atoms with E-state index in [9.17, 15) is 4.79 Å². The summed E-state index contributed by atoms with van der Waals surface area (Å²) < 4.78 is 2.62. The first kappa shape index (κ1) is 15.8. The highest BCUT2D eigenvalue weighted by molar-refractivity contribution is 7.99. The van der Waals surface area contributed by atoms with Gasteiger partial charge in [0, 0.05) is 17.2 Å². The molecule has 0 aromatic carbocycles. The summed E-state index contributed by atoms with van der Waals surface area (Å²) in [7, 11) is 0. The Hall–Kier alpha value is -1.07. The number of fused-ring (bicyclic) bond motifs is 3. The van der Waals surface area contributed by atoms with Crippen LogP contribution in [0, 0.1) is 5.92 Å². The average molecular weight is 335 g/mol. The zero-order chi connectivity index (χ0) is 15.7. The summed E-state index contributed by atoms with van der Waals surface area (Å²) in [6.45, 7) is 8.76. The average Bonchev–Trinajstić information content (AvgIpc) is 3.04. The molecule has 0 aliphatic heterocycles. The first-order chi connectivity index (χ1) is 10.6. The molecule has 2 aromatic rings. The van der Waals surface area contributed by atoms with Gasteiger partial charge in [0.25, 0.3) is 5.56 Å². The smallest absolute Gasteiger partial charge is 0.272 e. The molecule has 1 aliphatic carbocycles. The van der Waals surface area contributed by atoms with Gasteiger partial charge < -0.3 is 0 Å². The van der Waals surface area contributed by atoms with Crippen LogP contribution >= 0.6 is 23.1 Å². The molecule has 0 spiro atoms. The summed E-state index contributed by atoms with van der Waals surface area (Å²) in [5, 5.41) is 0.852. The molecular weight excluding hydrogens is 312 g/mol. The van der Waals surface area contributed by atoms with Crippen molar-refractivity contribution in [1.82, 2.24) is 9.55 Å². The number of allylic oxidation sites excluding steroid dienone is 1. The fraction of sp³-hybridized carbons (Fsp3) is 0.529. The highest BCUT2D eigenvalue weighted by atomic mass is 32.2. The molecule has 0 unspecified atom stereocenters. The molecule has 5 heteroatoms. The van der Waals surface area contributed by atoms with Crippen LogP contribution in [0.4, 0.5) is 0 Å². The largest absolute Gasteiger partial charge is 0.283 e. The maximum atomic E-state index is 12.8. The molecule has 0 radical (unpaired) electrons. The van der Waals surface area contributed by atoms with Gasteiger partial charge in [0.1, 0.15) is 4.70 Å². The summed E-state index contributed by atoms with van der Waals surface area (Å²) in [6, 6.07) is 0. The fourth-order valence-electron chi connectivity index (χ4n) is 2.80. The van der Waals surface area contributed by atoms with Gasteiger partial charge in [-0.25, -0.2) is 4.98 Å². The molecule has 118 valence electrons. The lowest BCUT2D eigenvalue weighted by molar-refractivity contribution is 0.628. The van der Waals surface area contributed by atoms with Crippen molar-refractivity contribution < 1.29 is 0 Å². The number of nitrogens with zero attached hydrogens (tertiary/aromatic N) is 2. The monoisotopic (exact) mass is 334 g/mol. The van der Waals surface area contributed by atoms with E-state index < -0.39 is 0 Å². The van der Waals surface area contributed by atoms with Gasteiger partial charge in [-0.05, 0) is 37.2 Å². The van der Waals surface area contributed by atoms with Crippen molar-refractivity contribution in [1.29, 1.82) is 0 Å². The summed E-state index contributed by atoms with van der Waals surface area (Å²) in [5.74, 6) is 1.67. The number of thioether (sulfide) groups is 1. The van der Waals surface area contributed by atoms with E-state index in [4.69, 9.17) is 4.98 Å². The van der Waals surface area contributed by atoms with E-state index in [2.05, 4.69) is 20.4 Å². The summed E-state index contributed by atoms with van der Waals surface area (Å²) >= 11 is 3.35. The van der Waals surface area contributed by atoms with Crippen molar-refractivity contribution in [2.75, 3.05) is 5.75 Å². The van der Waals surface area contributed by atoms with Gasteiger partial charge in [0.2, 0.25) is 0 Å². The van der Waals surface area contributed by atoms with Gasteiger partial charge in [0.05, 0.1) is 5.52 Å². The normalized spacial score (nSPS) is 14.0. The number of aryl methyl sites for hydroxylation is 2. The van der Waals surface area contributed by atoms with Gasteiger partial charge in [-0.15, -0.1) is 17.9 Å². The lowest BCUT2D eigenvalue weighted by Crippen LogP contribution is -2.22. The lowest BCUT2D eigenvalue weighted by Gasteiger charge is -2.11. The third-order valence-corrected chi connectivity index (χ3v) is 6.29. The first-order valence-electron chi connectivity index (χ1n) is 7.90. The van der Waals surface area contributed by atoms with Crippen LogP contribution in [0.2, 0.25) is 0 Å². The van der Waals surface area contributed by atoms with Crippen LogP contribution in [0.3, 0.4) is 0 Å². The maximum Gasteiger partial charge on any atom is 0.272 e. The second-order valence-electron chi connectivity index (χ2n) is 6.16. The van der Waals surface area contributed by atoms with E-state index in [1.165, 1.54) is 16.9 Å². The molecule has 0 N–H and O–H groups in total. The Kier molecular flexibility index (Phi) is 4.73. The minimum absolute atomic E-state index is 0.108. The molecule has 0 amide bonds. The zero-order valence-electron chi connectivity index (χ0n) is 13.2. The summed E-state index contributed by atoms with van der Waals surface area (Å²) in [5.41, 5.74) is 2.40. The second-order valence-corrected chi connectivity index (χ2v) is 8.33. The van der Waals surface area contributed by atoms with Crippen LogP contribution < -0.4 is 5.56 Å². The number of hydrogen-bond acceptors (Lipinski definition) is 4. The van der Waals surface area contributed by atoms with Crippen LogP contribution in [-0.2, 0) is 19.4 Å². The van der Waals surface area contributed by atoms with Crippen molar-refractivity contribution in [3.63, 3.8) is 0 Å². The van der Waals surface area contributed by atoms with Crippen molar-refractivity contribution in [3.05, 3.63) is 33.4 Å². The van der Waals surface area contributed by atoms with E-state index in [1.807, 2.05) is 0 Å². The molecule has 0 fully saturated rings. The molecule has 2 aromatic heterocycles. The Morgan fingerprint density at radius 3 is 3.00 bits per heavy atom. The third-order valence-electron chi connectivity index (χ3n) is 4.01. The molecule has 0 saturated carbocycles. The zero-order valence-corrected chi connectivity index (χ0v) is 14.9. The highest BCUT2D eigenvalue weighted by Gasteiger charge is 2.22. The second kappa shape index (κ2) is 6.59. The predicted octanol–water partition coefficient (Wildman–Crippen LogP) is 4.27. The molecule has 3 rings (SSSR count). The number of hydrogen-bond donors (Lipinski definition) is 0. The SMILES string of the molecule is C=CCn1c(SCCC(C)C)nc2c3c(sc2c1=O)CCC3. The van der Waals surface area contributed by atoms with Crippen LogP contribution in [0.25, 0.3) is 10.2 Å². The number of rotatable bonds is 6. The van der Waals surface area contributed by atoms with Crippen molar-refractivity contribution >= 4 is 33.3 Å². The molecule has 0 saturated heterocycles. The van der Waals surface area contributed by atoms with Gasteiger partial charge in [0.15, 0.2) is 5.16 Å². The lowest BCUT2D eigenvalue weighted by atomic mass is 10.2. The maximum absolute atomic E-state index is 12.8. The minimum atomic E-state index is 0.108. The number of aromatic nitrogens is 2. The quantitative estimate of drug-likeness (QED) is 0.449. The fourth-order valence-corrected chi connectivity index (χ4v) is 5.32. The molecular formula is C17H22N2OS2. The molecule has 1 aliphatic rings. The molecule has 0 bridgehead atoms. The minimum Gasteiger partial charge on any atom is -0.283 e. The van der Waals surface area contributed by atoms with Crippen molar-refractivity contribution in [3.8, 4) is 0 Å². The topological polar surface area (TPSA) is 34.9 Å². The molecule has 22 heavy (non-hydrogen) atoms. The van der Waals surface area contributed by atoms with Gasteiger partial charge in [-0.1, -0.05) is 31.7 Å². The third kappa shape index (κ3) is 2.88. The van der Waals surface area contributed by atoms with E-state index in [-0.39, 0.29) is 5.56 Å². The molecule has 0 atom stereocenters. The van der Waals surface area contributed by atoms with Crippen molar-refractivity contribution in [2.24, 2.45) is 5.92 Å². The van der Waals surface area contributed by atoms with Crippen LogP contribution in [0.5, 0.6) is 0 Å². The predicted molar refractivity (Wildman–Crippen MR) is 96.3 cm³/mol. The van der Waals surface area contributed by atoms with E-state index in [0.29, 0.717) is 12.5 Å².